The van der Waals surface area contributed by atoms with Gasteiger partial charge in [-0.05, 0) is 62.8 Å². The molecule has 0 spiro atoms. The van der Waals surface area contributed by atoms with Crippen molar-refractivity contribution in [2.24, 2.45) is 5.92 Å². The van der Waals surface area contributed by atoms with E-state index < -0.39 is 29.1 Å². The number of aromatic nitrogens is 3. The van der Waals surface area contributed by atoms with Crippen LogP contribution in [0.5, 0.6) is 0 Å². The smallest absolute Gasteiger partial charge is 0.337 e. The monoisotopic (exact) mass is 522 g/mol. The molecule has 10 heteroatoms. The lowest BCUT2D eigenvalue weighted by atomic mass is 9.87. The maximum absolute atomic E-state index is 14.2. The Labute approximate surface area is 218 Å². The summed E-state index contributed by atoms with van der Waals surface area (Å²) in [6, 6.07) is 6.90. The van der Waals surface area contributed by atoms with Gasteiger partial charge in [0.1, 0.15) is 5.82 Å². The number of pyridine rings is 1. The van der Waals surface area contributed by atoms with E-state index in [4.69, 9.17) is 4.74 Å². The number of ether oxygens (including phenoxy) is 1. The van der Waals surface area contributed by atoms with Crippen molar-refractivity contribution in [3.8, 4) is 5.69 Å². The number of nitrogens with one attached hydrogen (secondary N) is 1. The molecule has 0 aliphatic heterocycles. The van der Waals surface area contributed by atoms with Gasteiger partial charge in [-0.1, -0.05) is 25.3 Å². The zero-order valence-electron chi connectivity index (χ0n) is 21.3. The summed E-state index contributed by atoms with van der Waals surface area (Å²) < 4.78 is 21.4. The first-order valence-electron chi connectivity index (χ1n) is 13.2. The van der Waals surface area contributed by atoms with Crippen LogP contribution in [-0.4, -0.2) is 39.1 Å². The zero-order chi connectivity index (χ0) is 26.8. The molecule has 38 heavy (non-hydrogen) atoms. The van der Waals surface area contributed by atoms with Crippen molar-refractivity contribution in [1.82, 2.24) is 19.4 Å². The molecule has 1 aromatic carbocycles. The molecule has 0 radical (unpaired) electrons. The topological polar surface area (TPSA) is 112 Å². The molecule has 1 amide bonds. The molecular weight excluding hydrogens is 491 g/mol. The highest BCUT2D eigenvalue weighted by Crippen LogP contribution is 2.29. The molecule has 0 saturated heterocycles. The summed E-state index contributed by atoms with van der Waals surface area (Å²) in [6.07, 6.45) is 8.44. The number of carbonyl (C=O) groups is 2. The van der Waals surface area contributed by atoms with Crippen molar-refractivity contribution < 1.29 is 18.7 Å². The van der Waals surface area contributed by atoms with Gasteiger partial charge >= 0.3 is 11.7 Å². The summed E-state index contributed by atoms with van der Waals surface area (Å²) in [7, 11) is 1.26. The summed E-state index contributed by atoms with van der Waals surface area (Å²) in [5.74, 6) is -1.10. The van der Waals surface area contributed by atoms with Crippen LogP contribution < -0.4 is 16.6 Å². The minimum absolute atomic E-state index is 0.00471. The van der Waals surface area contributed by atoms with E-state index in [9.17, 15) is 23.6 Å². The zero-order valence-corrected chi connectivity index (χ0v) is 21.3. The SMILES string of the molecule is COC(=O)c1cccc(-n2c(=O)n(C3CCC(NC(=O)C4CCCCC4)CC3)c(=O)c3cc(F)cnc32)c1. The van der Waals surface area contributed by atoms with Gasteiger partial charge in [-0.15, -0.1) is 0 Å². The molecule has 2 aromatic heterocycles. The number of esters is 1. The van der Waals surface area contributed by atoms with E-state index >= 15 is 0 Å². The maximum atomic E-state index is 14.2. The van der Waals surface area contributed by atoms with Crippen LogP contribution in [0.1, 0.15) is 74.2 Å². The van der Waals surface area contributed by atoms with Gasteiger partial charge in [0, 0.05) is 18.0 Å². The van der Waals surface area contributed by atoms with E-state index in [0.717, 1.165) is 37.9 Å². The standard InChI is InChI=1S/C28H31FN4O5/c1-38-27(36)18-8-5-9-22(14-18)32-24-23(15-19(29)16-30-24)26(35)33(28(32)37)21-12-10-20(11-13-21)31-25(34)17-6-3-2-4-7-17/h5,8-9,14-17,20-21H,2-4,6-7,10-13H2,1H3,(H,31,34). The van der Waals surface area contributed by atoms with E-state index in [1.54, 1.807) is 18.2 Å². The van der Waals surface area contributed by atoms with Crippen molar-refractivity contribution in [3.05, 3.63) is 68.7 Å². The van der Waals surface area contributed by atoms with E-state index in [2.05, 4.69) is 10.3 Å². The number of amides is 1. The Balaban J connectivity index is 1.48. The van der Waals surface area contributed by atoms with Crippen LogP contribution in [0.3, 0.4) is 0 Å². The van der Waals surface area contributed by atoms with Crippen molar-refractivity contribution in [1.29, 1.82) is 0 Å². The summed E-state index contributed by atoms with van der Waals surface area (Å²) in [6.45, 7) is 0. The minimum Gasteiger partial charge on any atom is -0.465 e. The van der Waals surface area contributed by atoms with Gasteiger partial charge in [-0.3, -0.25) is 14.2 Å². The second-order valence-corrected chi connectivity index (χ2v) is 10.2. The molecule has 2 heterocycles. The van der Waals surface area contributed by atoms with Crippen LogP contribution >= 0.6 is 0 Å². The summed E-state index contributed by atoms with van der Waals surface area (Å²) in [4.78, 5) is 56.2. The van der Waals surface area contributed by atoms with E-state index in [1.807, 2.05) is 0 Å². The fourth-order valence-corrected chi connectivity index (χ4v) is 5.79. The third-order valence-electron chi connectivity index (χ3n) is 7.80. The van der Waals surface area contributed by atoms with E-state index in [-0.39, 0.29) is 34.5 Å². The number of benzene rings is 1. The first kappa shape index (κ1) is 25.8. The predicted octanol–water partition coefficient (Wildman–Crippen LogP) is 3.65. The fraction of sp³-hybridized carbons (Fsp3) is 0.464. The van der Waals surface area contributed by atoms with Gasteiger partial charge < -0.3 is 10.1 Å². The highest BCUT2D eigenvalue weighted by molar-refractivity contribution is 5.90. The molecule has 0 atom stereocenters. The van der Waals surface area contributed by atoms with Gasteiger partial charge in [0.15, 0.2) is 5.65 Å². The van der Waals surface area contributed by atoms with Crippen LogP contribution in [-0.2, 0) is 9.53 Å². The summed E-state index contributed by atoms with van der Waals surface area (Å²) >= 11 is 0. The molecule has 2 aliphatic carbocycles. The number of methoxy groups -OCH3 is 1. The molecule has 1 N–H and O–H groups in total. The van der Waals surface area contributed by atoms with Crippen LogP contribution in [0.15, 0.2) is 46.1 Å². The molecule has 2 aliphatic rings. The first-order chi connectivity index (χ1) is 18.4. The maximum Gasteiger partial charge on any atom is 0.337 e. The number of hydrogen-bond acceptors (Lipinski definition) is 6. The highest BCUT2D eigenvalue weighted by Gasteiger charge is 2.30. The molecule has 0 bridgehead atoms. The van der Waals surface area contributed by atoms with Crippen LogP contribution in [0.25, 0.3) is 16.7 Å². The van der Waals surface area contributed by atoms with E-state index in [0.29, 0.717) is 31.4 Å². The number of fused-ring (bicyclic) bond motifs is 1. The molecule has 2 fully saturated rings. The molecular formula is C28H31FN4O5. The fourth-order valence-electron chi connectivity index (χ4n) is 5.79. The molecule has 2 saturated carbocycles. The molecule has 9 nitrogen and oxygen atoms in total. The Bertz CT molecular complexity index is 1480. The quantitative estimate of drug-likeness (QED) is 0.512. The third-order valence-corrected chi connectivity index (χ3v) is 7.80. The van der Waals surface area contributed by atoms with Crippen molar-refractivity contribution in [2.45, 2.75) is 69.9 Å². The average molecular weight is 523 g/mol. The second kappa shape index (κ2) is 10.9. The Morgan fingerprint density at radius 3 is 2.47 bits per heavy atom. The summed E-state index contributed by atoms with van der Waals surface area (Å²) in [5, 5.41) is 3.15. The van der Waals surface area contributed by atoms with Crippen molar-refractivity contribution in [3.63, 3.8) is 0 Å². The Morgan fingerprint density at radius 2 is 1.76 bits per heavy atom. The Kier molecular flexibility index (Phi) is 7.40. The van der Waals surface area contributed by atoms with Gasteiger partial charge in [0.25, 0.3) is 5.56 Å². The number of carbonyl (C=O) groups excluding carboxylic acids is 2. The van der Waals surface area contributed by atoms with Crippen LogP contribution in [0.4, 0.5) is 4.39 Å². The van der Waals surface area contributed by atoms with Gasteiger partial charge in [0.2, 0.25) is 5.91 Å². The normalized spacial score (nSPS) is 20.3. The first-order valence-corrected chi connectivity index (χ1v) is 13.2. The third kappa shape index (κ3) is 4.99. The second-order valence-electron chi connectivity index (χ2n) is 10.2. The van der Waals surface area contributed by atoms with Gasteiger partial charge in [0.05, 0.1) is 29.9 Å². The molecule has 200 valence electrons. The molecule has 5 rings (SSSR count). The molecule has 0 unspecified atom stereocenters. The average Bonchev–Trinajstić information content (AvgIpc) is 2.94. The van der Waals surface area contributed by atoms with Crippen molar-refractivity contribution >= 4 is 22.9 Å². The lowest BCUT2D eigenvalue weighted by Gasteiger charge is -2.31. The number of halogens is 1. The highest BCUT2D eigenvalue weighted by atomic mass is 19.1. The predicted molar refractivity (Wildman–Crippen MR) is 139 cm³/mol. The Morgan fingerprint density at radius 1 is 1.03 bits per heavy atom. The van der Waals surface area contributed by atoms with Crippen LogP contribution in [0, 0.1) is 11.7 Å². The molecule has 3 aromatic rings. The minimum atomic E-state index is -0.691. The largest absolute Gasteiger partial charge is 0.465 e. The van der Waals surface area contributed by atoms with Gasteiger partial charge in [-0.25, -0.2) is 23.5 Å². The van der Waals surface area contributed by atoms with Gasteiger partial charge in [-0.2, -0.15) is 0 Å². The Hall–Kier alpha value is -3.82. The van der Waals surface area contributed by atoms with Crippen molar-refractivity contribution in [2.75, 3.05) is 7.11 Å². The van der Waals surface area contributed by atoms with E-state index in [1.165, 1.54) is 28.7 Å². The lowest BCUT2D eigenvalue weighted by Crippen LogP contribution is -2.46. The lowest BCUT2D eigenvalue weighted by molar-refractivity contribution is -0.126. The number of rotatable bonds is 5. The summed E-state index contributed by atoms with van der Waals surface area (Å²) in [5.41, 5.74) is -0.679. The number of nitrogens with zero attached hydrogens (tertiary/aromatic N) is 3. The number of hydrogen-bond donors (Lipinski definition) is 1. The van der Waals surface area contributed by atoms with Crippen LogP contribution in [0.2, 0.25) is 0 Å².